The van der Waals surface area contributed by atoms with Gasteiger partial charge in [-0.2, -0.15) is 0 Å². The standard InChI is InChI=1S/C33H34O9.C2H4O.CH5P/c1-6-25-13-7-8-15-27(25)31(36)39-20-33(5,19-38-22(2)26-14-9-11-17-29(26)41-23(3)34)21-40-32(37)28-16-10-12-18-30(28)42-24(4)35;1-2-3;1-2/h7-18H,2,6,19-21H2,1,3-5H3;2H,1H3;2H2,1H3. The molecule has 2 unspecified atom stereocenters. The van der Waals surface area contributed by atoms with E-state index in [4.69, 9.17) is 28.5 Å². The Kier molecular flexibility index (Phi) is 18.0. The fourth-order valence-electron chi connectivity index (χ4n) is 3.95. The van der Waals surface area contributed by atoms with Crippen molar-refractivity contribution in [3.8, 4) is 11.5 Å². The van der Waals surface area contributed by atoms with Crippen LogP contribution in [0, 0.1) is 5.41 Å². The largest absolute Gasteiger partial charge is 0.493 e. The summed E-state index contributed by atoms with van der Waals surface area (Å²) in [6.45, 7) is 13.0. The molecule has 3 aromatic carbocycles. The molecular weight excluding hydrogens is 623 g/mol. The molecule has 0 amide bonds. The van der Waals surface area contributed by atoms with Gasteiger partial charge in [0.25, 0.3) is 0 Å². The van der Waals surface area contributed by atoms with Crippen molar-refractivity contribution < 1.29 is 47.7 Å². The maximum absolute atomic E-state index is 13.0. The highest BCUT2D eigenvalue weighted by molar-refractivity contribution is 7.15. The minimum absolute atomic E-state index is 0.0598. The Labute approximate surface area is 278 Å². The normalized spacial score (nSPS) is 11.0. The lowest BCUT2D eigenvalue weighted by molar-refractivity contribution is -0.132. The van der Waals surface area contributed by atoms with Crippen LogP contribution in [0.1, 0.15) is 66.5 Å². The maximum atomic E-state index is 13.0. The second-order valence-corrected chi connectivity index (χ2v) is 10.1. The molecule has 0 aromatic heterocycles. The number of aryl methyl sites for hydroxylation is 1. The highest BCUT2D eigenvalue weighted by atomic mass is 31.0. The zero-order valence-corrected chi connectivity index (χ0v) is 28.9. The van der Waals surface area contributed by atoms with E-state index in [2.05, 4.69) is 15.8 Å². The quantitative estimate of drug-likeness (QED) is 0.0655. The van der Waals surface area contributed by atoms with E-state index in [0.29, 0.717) is 17.5 Å². The van der Waals surface area contributed by atoms with Crippen LogP contribution in [0.25, 0.3) is 5.76 Å². The number of carbonyl (C=O) groups excluding carboxylic acids is 5. The lowest BCUT2D eigenvalue weighted by Gasteiger charge is -2.29. The lowest BCUT2D eigenvalue weighted by Crippen LogP contribution is -2.36. The van der Waals surface area contributed by atoms with Crippen LogP contribution < -0.4 is 9.47 Å². The molecule has 0 spiro atoms. The Balaban J connectivity index is 0.00000208. The second-order valence-electron chi connectivity index (χ2n) is 10.1. The van der Waals surface area contributed by atoms with E-state index in [-0.39, 0.29) is 42.6 Å². The van der Waals surface area contributed by atoms with Crippen molar-refractivity contribution in [2.75, 3.05) is 26.5 Å². The highest BCUT2D eigenvalue weighted by Gasteiger charge is 2.32. The molecule has 0 heterocycles. The molecular formula is C36H43O10P. The van der Waals surface area contributed by atoms with Gasteiger partial charge in [-0.3, -0.25) is 9.59 Å². The molecule has 0 fully saturated rings. The van der Waals surface area contributed by atoms with E-state index in [1.165, 1.54) is 32.9 Å². The van der Waals surface area contributed by atoms with Crippen LogP contribution in [-0.2, 0) is 35.0 Å². The van der Waals surface area contributed by atoms with E-state index in [1.54, 1.807) is 55.5 Å². The summed E-state index contributed by atoms with van der Waals surface area (Å²) < 4.78 is 27.7. The first-order valence-corrected chi connectivity index (χ1v) is 15.9. The van der Waals surface area contributed by atoms with Gasteiger partial charge in [0.2, 0.25) is 0 Å². The summed E-state index contributed by atoms with van der Waals surface area (Å²) in [6.07, 6.45) is 1.40. The van der Waals surface area contributed by atoms with E-state index in [1.807, 2.05) is 25.7 Å². The summed E-state index contributed by atoms with van der Waals surface area (Å²) in [5, 5.41) is 0. The minimum Gasteiger partial charge on any atom is -0.493 e. The highest BCUT2D eigenvalue weighted by Crippen LogP contribution is 2.29. The number of hydrogen-bond donors (Lipinski definition) is 0. The number of rotatable bonds is 13. The summed E-state index contributed by atoms with van der Waals surface area (Å²) in [7, 11) is 2.42. The van der Waals surface area contributed by atoms with Gasteiger partial charge in [0.05, 0.1) is 16.5 Å². The smallest absolute Gasteiger partial charge is 0.341 e. The fourth-order valence-corrected chi connectivity index (χ4v) is 3.95. The molecule has 252 valence electrons. The summed E-state index contributed by atoms with van der Waals surface area (Å²) >= 11 is 0. The molecule has 0 aliphatic heterocycles. The Bertz CT molecular complexity index is 1440. The first-order valence-electron chi connectivity index (χ1n) is 14.7. The van der Waals surface area contributed by atoms with Gasteiger partial charge in [-0.15, -0.1) is 9.24 Å². The number of benzene rings is 3. The van der Waals surface area contributed by atoms with Crippen LogP contribution >= 0.6 is 9.24 Å². The Hall–Kier alpha value is -4.82. The molecule has 47 heavy (non-hydrogen) atoms. The second kappa shape index (κ2) is 21.1. The molecule has 0 aliphatic rings. The Morgan fingerprint density at radius 1 is 0.702 bits per heavy atom. The molecule has 0 saturated heterocycles. The first-order chi connectivity index (χ1) is 22.4. The van der Waals surface area contributed by atoms with Crippen LogP contribution in [0.3, 0.4) is 0 Å². The molecule has 3 rings (SSSR count). The Morgan fingerprint density at radius 3 is 1.57 bits per heavy atom. The summed E-state index contributed by atoms with van der Waals surface area (Å²) in [4.78, 5) is 57.9. The van der Waals surface area contributed by atoms with E-state index >= 15 is 0 Å². The molecule has 3 aromatic rings. The maximum Gasteiger partial charge on any atom is 0.341 e. The predicted octanol–water partition coefficient (Wildman–Crippen LogP) is 6.50. The van der Waals surface area contributed by atoms with E-state index in [0.717, 1.165) is 11.8 Å². The third-order valence-electron chi connectivity index (χ3n) is 6.12. The molecule has 0 radical (unpaired) electrons. The van der Waals surface area contributed by atoms with Crippen LogP contribution in [0.15, 0.2) is 79.4 Å². The molecule has 0 N–H and O–H groups in total. The minimum atomic E-state index is -1.04. The number of para-hydroxylation sites is 2. The number of hydrogen-bond acceptors (Lipinski definition) is 10. The third-order valence-corrected chi connectivity index (χ3v) is 6.12. The van der Waals surface area contributed by atoms with Gasteiger partial charge in [-0.05, 0) is 56.2 Å². The number of aldehydes is 1. The van der Waals surface area contributed by atoms with Crippen molar-refractivity contribution in [1.29, 1.82) is 0 Å². The van der Waals surface area contributed by atoms with Crippen molar-refractivity contribution in [3.05, 3.63) is 102 Å². The first kappa shape index (κ1) is 40.2. The third kappa shape index (κ3) is 13.6. The summed E-state index contributed by atoms with van der Waals surface area (Å²) in [5.74, 6) is -1.81. The average Bonchev–Trinajstić information content (AvgIpc) is 3.06. The summed E-state index contributed by atoms with van der Waals surface area (Å²) in [5.41, 5.74) is 0.753. The van der Waals surface area contributed by atoms with Crippen molar-refractivity contribution >= 4 is 45.2 Å². The van der Waals surface area contributed by atoms with Gasteiger partial charge >= 0.3 is 23.9 Å². The van der Waals surface area contributed by atoms with Crippen LogP contribution in [0.5, 0.6) is 11.5 Å². The lowest BCUT2D eigenvalue weighted by atomic mass is 9.94. The number of carbonyl (C=O) groups is 5. The van der Waals surface area contributed by atoms with Crippen molar-refractivity contribution in [3.63, 3.8) is 0 Å². The molecule has 0 bridgehead atoms. The Morgan fingerprint density at radius 2 is 1.09 bits per heavy atom. The van der Waals surface area contributed by atoms with Gasteiger partial charge < -0.3 is 28.5 Å². The van der Waals surface area contributed by atoms with Gasteiger partial charge in [0.1, 0.15) is 48.9 Å². The monoisotopic (exact) mass is 666 g/mol. The van der Waals surface area contributed by atoms with Crippen LogP contribution in [0.2, 0.25) is 0 Å². The van der Waals surface area contributed by atoms with Crippen LogP contribution in [-0.4, -0.2) is 56.6 Å². The van der Waals surface area contributed by atoms with Gasteiger partial charge in [-0.25, -0.2) is 9.59 Å². The van der Waals surface area contributed by atoms with Gasteiger partial charge in [-0.1, -0.05) is 62.6 Å². The zero-order chi connectivity index (χ0) is 35.4. The molecule has 0 aliphatic carbocycles. The van der Waals surface area contributed by atoms with Gasteiger partial charge in [0.15, 0.2) is 0 Å². The zero-order valence-electron chi connectivity index (χ0n) is 27.7. The molecule has 11 heteroatoms. The number of esters is 4. The molecule has 0 saturated carbocycles. The molecule has 2 atom stereocenters. The fraction of sp³-hybridized carbons (Fsp3) is 0.306. The predicted molar refractivity (Wildman–Crippen MR) is 182 cm³/mol. The number of ether oxygens (including phenoxy) is 5. The summed E-state index contributed by atoms with van der Waals surface area (Å²) in [6, 6.07) is 20.1. The van der Waals surface area contributed by atoms with Gasteiger partial charge in [0, 0.05) is 13.8 Å². The van der Waals surface area contributed by atoms with E-state index < -0.39 is 29.3 Å². The van der Waals surface area contributed by atoms with Crippen LogP contribution in [0.4, 0.5) is 0 Å². The topological polar surface area (TPSA) is 132 Å². The van der Waals surface area contributed by atoms with Crippen molar-refractivity contribution in [2.45, 2.75) is 41.0 Å². The SMILES string of the molecule is C=C(OCC(C)(COC(=O)c1ccccc1CC)COC(=O)c1ccccc1OC(C)=O)c1ccccc1OC(C)=O.CC=O.CP. The van der Waals surface area contributed by atoms with Crippen molar-refractivity contribution in [1.82, 2.24) is 0 Å². The molecule has 10 nitrogen and oxygen atoms in total. The average molecular weight is 667 g/mol. The van der Waals surface area contributed by atoms with E-state index in [9.17, 15) is 19.2 Å². The van der Waals surface area contributed by atoms with Crippen molar-refractivity contribution in [2.24, 2.45) is 5.41 Å².